The molecular weight excluding hydrogens is 269 g/mol. The summed E-state index contributed by atoms with van der Waals surface area (Å²) in [5.41, 5.74) is 3.06. The third kappa shape index (κ3) is 2.14. The van der Waals surface area contributed by atoms with Gasteiger partial charge >= 0.3 is 0 Å². The minimum Gasteiger partial charge on any atom is -0.241 e. The monoisotopic (exact) mass is 279 g/mol. The van der Waals surface area contributed by atoms with Crippen LogP contribution in [0.25, 0.3) is 11.3 Å². The summed E-state index contributed by atoms with van der Waals surface area (Å²) in [5, 5.41) is 0. The van der Waals surface area contributed by atoms with Crippen molar-refractivity contribution < 1.29 is 4.39 Å². The Kier molecular flexibility index (Phi) is 3.06. The van der Waals surface area contributed by atoms with E-state index >= 15 is 0 Å². The molecule has 0 aliphatic carbocycles. The van der Waals surface area contributed by atoms with Crippen LogP contribution < -0.4 is 0 Å². The van der Waals surface area contributed by atoms with Crippen molar-refractivity contribution in [3.63, 3.8) is 0 Å². The van der Waals surface area contributed by atoms with Crippen molar-refractivity contribution in [2.45, 2.75) is 13.8 Å². The van der Waals surface area contributed by atoms with Gasteiger partial charge in [-0.2, -0.15) is 0 Å². The Labute approximate surface area is 102 Å². The molecule has 0 atom stereocenters. The highest BCUT2D eigenvalue weighted by Gasteiger charge is 2.10. The summed E-state index contributed by atoms with van der Waals surface area (Å²) in [6, 6.07) is 8.98. The Morgan fingerprint density at radius 3 is 2.56 bits per heavy atom. The molecule has 0 aliphatic heterocycles. The molecule has 0 bridgehead atoms. The number of hydrogen-bond donors (Lipinski definition) is 0. The number of nitrogens with zero attached hydrogens (tertiary/aromatic N) is 1. The van der Waals surface area contributed by atoms with Crippen molar-refractivity contribution in [1.82, 2.24) is 4.98 Å². The van der Waals surface area contributed by atoms with Crippen molar-refractivity contribution in [1.29, 1.82) is 0 Å². The van der Waals surface area contributed by atoms with Crippen molar-refractivity contribution >= 4 is 15.9 Å². The molecule has 0 amide bonds. The van der Waals surface area contributed by atoms with E-state index in [4.69, 9.17) is 0 Å². The second-order valence-corrected chi connectivity index (χ2v) is 4.60. The molecule has 0 saturated heterocycles. The third-order valence-corrected chi connectivity index (χ3v) is 2.84. The van der Waals surface area contributed by atoms with Crippen LogP contribution in [0.15, 0.2) is 34.9 Å². The van der Waals surface area contributed by atoms with E-state index in [1.165, 1.54) is 6.07 Å². The summed E-state index contributed by atoms with van der Waals surface area (Å²) in [6.07, 6.45) is 0. The first kappa shape index (κ1) is 11.3. The number of pyridine rings is 1. The zero-order chi connectivity index (χ0) is 11.7. The fourth-order valence-electron chi connectivity index (χ4n) is 1.79. The molecule has 0 spiro atoms. The number of aryl methyl sites for hydroxylation is 2. The van der Waals surface area contributed by atoms with E-state index in [2.05, 4.69) is 20.9 Å². The number of aromatic nitrogens is 1. The largest absolute Gasteiger partial charge is 0.241 e. The molecule has 0 saturated carbocycles. The minimum absolute atomic E-state index is 0.219. The topological polar surface area (TPSA) is 12.9 Å². The highest BCUT2D eigenvalue weighted by Crippen LogP contribution is 2.27. The van der Waals surface area contributed by atoms with Crippen molar-refractivity contribution in [2.75, 3.05) is 0 Å². The standard InChI is InChI=1S/C13H11BrFN/c1-8-6-9(2)13(10(15)7-8)11-4-3-5-12(14)16-11/h3-7H,1-2H3. The maximum absolute atomic E-state index is 13.9. The minimum atomic E-state index is -0.219. The summed E-state index contributed by atoms with van der Waals surface area (Å²) in [6.45, 7) is 3.78. The van der Waals surface area contributed by atoms with Gasteiger partial charge in [0.05, 0.1) is 5.69 Å². The van der Waals surface area contributed by atoms with E-state index in [9.17, 15) is 4.39 Å². The second kappa shape index (κ2) is 4.34. The summed E-state index contributed by atoms with van der Waals surface area (Å²) in [7, 11) is 0. The summed E-state index contributed by atoms with van der Waals surface area (Å²) in [4.78, 5) is 4.27. The van der Waals surface area contributed by atoms with Gasteiger partial charge in [-0.25, -0.2) is 9.37 Å². The SMILES string of the molecule is Cc1cc(C)c(-c2cccc(Br)n2)c(F)c1. The number of hydrogen-bond acceptors (Lipinski definition) is 1. The van der Waals surface area contributed by atoms with Gasteiger partial charge in [-0.3, -0.25) is 0 Å². The van der Waals surface area contributed by atoms with E-state index in [1.807, 2.05) is 38.1 Å². The second-order valence-electron chi connectivity index (χ2n) is 3.78. The zero-order valence-corrected chi connectivity index (χ0v) is 10.7. The first-order chi connectivity index (χ1) is 7.58. The third-order valence-electron chi connectivity index (χ3n) is 2.40. The molecule has 16 heavy (non-hydrogen) atoms. The zero-order valence-electron chi connectivity index (χ0n) is 9.09. The van der Waals surface area contributed by atoms with Gasteiger partial charge in [-0.1, -0.05) is 12.1 Å². The summed E-state index contributed by atoms with van der Waals surface area (Å²) < 4.78 is 14.6. The van der Waals surface area contributed by atoms with E-state index in [0.29, 0.717) is 15.9 Å². The lowest BCUT2D eigenvalue weighted by molar-refractivity contribution is 0.628. The molecule has 2 rings (SSSR count). The Balaban J connectivity index is 2.64. The molecule has 0 fully saturated rings. The first-order valence-electron chi connectivity index (χ1n) is 4.97. The van der Waals surface area contributed by atoms with Crippen LogP contribution in [0.5, 0.6) is 0 Å². The summed E-state index contributed by atoms with van der Waals surface area (Å²) >= 11 is 3.29. The average molecular weight is 280 g/mol. The Bertz CT molecular complexity index is 514. The van der Waals surface area contributed by atoms with Crippen LogP contribution in [0.3, 0.4) is 0 Å². The van der Waals surface area contributed by atoms with Crippen molar-refractivity contribution in [3.8, 4) is 11.3 Å². The van der Waals surface area contributed by atoms with Gasteiger partial charge < -0.3 is 0 Å². The molecule has 0 unspecified atom stereocenters. The lowest BCUT2D eigenvalue weighted by Gasteiger charge is -2.08. The van der Waals surface area contributed by atoms with Gasteiger partial charge in [0.1, 0.15) is 10.4 Å². The molecule has 82 valence electrons. The van der Waals surface area contributed by atoms with Crippen LogP contribution in [0.2, 0.25) is 0 Å². The molecule has 0 aliphatic rings. The quantitative estimate of drug-likeness (QED) is 0.711. The Hall–Kier alpha value is -1.22. The van der Waals surface area contributed by atoms with E-state index in [1.54, 1.807) is 0 Å². The van der Waals surface area contributed by atoms with Gasteiger partial charge in [0.15, 0.2) is 0 Å². The van der Waals surface area contributed by atoms with Crippen molar-refractivity contribution in [3.05, 3.63) is 51.9 Å². The fraction of sp³-hybridized carbons (Fsp3) is 0.154. The van der Waals surface area contributed by atoms with E-state index in [0.717, 1.165) is 11.1 Å². The van der Waals surface area contributed by atoms with E-state index < -0.39 is 0 Å². The predicted octanol–water partition coefficient (Wildman–Crippen LogP) is 4.27. The van der Waals surface area contributed by atoms with Crippen LogP contribution >= 0.6 is 15.9 Å². The van der Waals surface area contributed by atoms with Gasteiger partial charge in [0.2, 0.25) is 0 Å². The highest BCUT2D eigenvalue weighted by atomic mass is 79.9. The van der Waals surface area contributed by atoms with Crippen LogP contribution in [0, 0.1) is 19.7 Å². The van der Waals surface area contributed by atoms with Crippen LogP contribution in [0.1, 0.15) is 11.1 Å². The fourth-order valence-corrected chi connectivity index (χ4v) is 2.13. The molecule has 0 N–H and O–H groups in total. The maximum Gasteiger partial charge on any atom is 0.133 e. The molecule has 1 aromatic carbocycles. The molecule has 1 nitrogen and oxygen atoms in total. The first-order valence-corrected chi connectivity index (χ1v) is 5.77. The van der Waals surface area contributed by atoms with Gasteiger partial charge in [-0.15, -0.1) is 0 Å². The van der Waals surface area contributed by atoms with Gasteiger partial charge in [0.25, 0.3) is 0 Å². The highest BCUT2D eigenvalue weighted by molar-refractivity contribution is 9.10. The van der Waals surface area contributed by atoms with Crippen molar-refractivity contribution in [2.24, 2.45) is 0 Å². The normalized spacial score (nSPS) is 10.5. The predicted molar refractivity (Wildman–Crippen MR) is 66.8 cm³/mol. The number of halogens is 2. The lowest BCUT2D eigenvalue weighted by Crippen LogP contribution is -1.93. The molecule has 2 aromatic rings. The molecule has 1 heterocycles. The summed E-state index contributed by atoms with van der Waals surface area (Å²) in [5.74, 6) is -0.219. The lowest BCUT2D eigenvalue weighted by atomic mass is 10.0. The number of rotatable bonds is 1. The Morgan fingerprint density at radius 1 is 1.19 bits per heavy atom. The maximum atomic E-state index is 13.9. The molecule has 3 heteroatoms. The van der Waals surface area contributed by atoms with Gasteiger partial charge in [-0.05, 0) is 59.1 Å². The molecular formula is C13H11BrFN. The van der Waals surface area contributed by atoms with Gasteiger partial charge in [0, 0.05) is 5.56 Å². The number of benzene rings is 1. The molecule has 1 aromatic heterocycles. The Morgan fingerprint density at radius 2 is 1.94 bits per heavy atom. The average Bonchev–Trinajstić information content (AvgIpc) is 2.15. The van der Waals surface area contributed by atoms with E-state index in [-0.39, 0.29) is 5.82 Å². The molecule has 0 radical (unpaired) electrons. The smallest absolute Gasteiger partial charge is 0.133 e. The van der Waals surface area contributed by atoms with Crippen LogP contribution in [-0.2, 0) is 0 Å². The van der Waals surface area contributed by atoms with Crippen LogP contribution in [-0.4, -0.2) is 4.98 Å². The van der Waals surface area contributed by atoms with Crippen LogP contribution in [0.4, 0.5) is 4.39 Å².